The van der Waals surface area contributed by atoms with E-state index in [2.05, 4.69) is 4.98 Å². The number of rotatable bonds is 7. The van der Waals surface area contributed by atoms with Crippen LogP contribution >= 0.6 is 0 Å². The Labute approximate surface area is 209 Å². The Kier molecular flexibility index (Phi) is 5.90. The van der Waals surface area contributed by atoms with Crippen molar-refractivity contribution < 1.29 is 23.8 Å². The fourth-order valence-electron chi connectivity index (χ4n) is 5.68. The van der Waals surface area contributed by atoms with Crippen LogP contribution in [-0.2, 0) is 17.6 Å². The second-order valence-electron chi connectivity index (χ2n) is 10.2. The highest BCUT2D eigenvalue weighted by atomic mass is 19.1. The number of nitrogens with zero attached hydrogens (tertiary/aromatic N) is 3. The van der Waals surface area contributed by atoms with Crippen LogP contribution in [0.2, 0.25) is 0 Å². The van der Waals surface area contributed by atoms with E-state index in [1.807, 2.05) is 32.0 Å². The molecule has 9 heteroatoms. The van der Waals surface area contributed by atoms with Crippen molar-refractivity contribution in [2.75, 3.05) is 34.3 Å². The highest BCUT2D eigenvalue weighted by molar-refractivity contribution is 6.08. The third-order valence-corrected chi connectivity index (χ3v) is 7.38. The molecule has 3 heterocycles. The van der Waals surface area contributed by atoms with Crippen LogP contribution in [0.25, 0.3) is 10.9 Å². The lowest BCUT2D eigenvalue weighted by Gasteiger charge is -2.42. The molecule has 2 aromatic carbocycles. The topological polar surface area (TPSA) is 89.1 Å². The Morgan fingerprint density at radius 1 is 1.25 bits per heavy atom. The van der Waals surface area contributed by atoms with Gasteiger partial charge in [0.25, 0.3) is 5.91 Å². The largest absolute Gasteiger partial charge is 0.508 e. The molecule has 0 spiro atoms. The summed E-state index contributed by atoms with van der Waals surface area (Å²) < 4.78 is 19.7. The second-order valence-corrected chi connectivity index (χ2v) is 10.2. The summed E-state index contributed by atoms with van der Waals surface area (Å²) in [6.45, 7) is 2.92. The molecule has 8 nitrogen and oxygen atoms in total. The number of phenols is 1. The van der Waals surface area contributed by atoms with Gasteiger partial charge in [0.2, 0.25) is 0 Å². The molecule has 0 radical (unpaired) electrons. The van der Waals surface area contributed by atoms with Gasteiger partial charge in [-0.25, -0.2) is 9.18 Å². The maximum absolute atomic E-state index is 14.5. The van der Waals surface area contributed by atoms with Crippen molar-refractivity contribution in [1.29, 1.82) is 0 Å². The lowest BCUT2D eigenvalue weighted by atomic mass is 9.81. The standard InChI is InChI=1S/C27H31FN4O4/c1-27-15-19-18-13-23(36-4)20(28)14-21(18)29-24(19)22(12-16-7-5-8-17(33)11-16)32(27)26(35)31(25(27)34)10-6-9-30(2)3/h5,7-8,11,13-14,22,29,33H,6,9-10,12,15H2,1-4H3/t22?,27-/m0/s1. The minimum absolute atomic E-state index is 0.126. The van der Waals surface area contributed by atoms with Crippen LogP contribution in [0, 0.1) is 5.82 Å². The summed E-state index contributed by atoms with van der Waals surface area (Å²) in [6.07, 6.45) is 1.37. The highest BCUT2D eigenvalue weighted by Crippen LogP contribution is 2.48. The van der Waals surface area contributed by atoms with Crippen molar-refractivity contribution in [1.82, 2.24) is 19.7 Å². The first-order valence-electron chi connectivity index (χ1n) is 12.1. The van der Waals surface area contributed by atoms with E-state index in [4.69, 9.17) is 4.74 Å². The van der Waals surface area contributed by atoms with Crippen molar-refractivity contribution in [3.63, 3.8) is 0 Å². The zero-order chi connectivity index (χ0) is 25.8. The quantitative estimate of drug-likeness (QED) is 0.488. The van der Waals surface area contributed by atoms with Gasteiger partial charge in [0.1, 0.15) is 11.3 Å². The van der Waals surface area contributed by atoms with Crippen LogP contribution in [0.5, 0.6) is 11.5 Å². The molecule has 1 fully saturated rings. The smallest absolute Gasteiger partial charge is 0.328 e. The lowest BCUT2D eigenvalue weighted by molar-refractivity contribution is -0.133. The third-order valence-electron chi connectivity index (χ3n) is 7.38. The van der Waals surface area contributed by atoms with E-state index in [9.17, 15) is 19.1 Å². The van der Waals surface area contributed by atoms with Crippen LogP contribution in [0.1, 0.15) is 36.2 Å². The predicted molar refractivity (Wildman–Crippen MR) is 134 cm³/mol. The fourth-order valence-corrected chi connectivity index (χ4v) is 5.68. The molecule has 2 atom stereocenters. The average Bonchev–Trinajstić information content (AvgIpc) is 3.25. The Hall–Kier alpha value is -3.59. The third kappa shape index (κ3) is 3.78. The second kappa shape index (κ2) is 8.81. The van der Waals surface area contributed by atoms with E-state index >= 15 is 0 Å². The molecular formula is C27H31FN4O4. The van der Waals surface area contributed by atoms with Crippen LogP contribution < -0.4 is 4.74 Å². The Bertz CT molecular complexity index is 1350. The summed E-state index contributed by atoms with van der Waals surface area (Å²) in [5.74, 6) is -0.454. The number of fused-ring (bicyclic) bond motifs is 4. The molecule has 3 amide bonds. The van der Waals surface area contributed by atoms with E-state index in [0.717, 1.165) is 28.8 Å². The number of hydrogen-bond acceptors (Lipinski definition) is 5. The SMILES string of the molecule is COc1cc2c3c([nH]c2cc1F)C(Cc1cccc(O)c1)N1C(=O)N(CCCN(C)C)C(=O)[C@]1(C)C3. The molecule has 190 valence electrons. The number of benzene rings is 2. The minimum Gasteiger partial charge on any atom is -0.508 e. The number of nitrogens with one attached hydrogen (secondary N) is 1. The Morgan fingerprint density at radius 2 is 2.03 bits per heavy atom. The highest BCUT2D eigenvalue weighted by Gasteiger charge is 2.59. The maximum atomic E-state index is 14.5. The van der Waals surface area contributed by atoms with Gasteiger partial charge in [-0.1, -0.05) is 12.1 Å². The molecule has 2 aliphatic heterocycles. The summed E-state index contributed by atoms with van der Waals surface area (Å²) in [4.78, 5) is 35.9. The number of methoxy groups -OCH3 is 1. The van der Waals surface area contributed by atoms with Gasteiger partial charge in [-0.2, -0.15) is 0 Å². The molecule has 0 aliphatic carbocycles. The van der Waals surface area contributed by atoms with Gasteiger partial charge >= 0.3 is 6.03 Å². The molecule has 1 aromatic heterocycles. The zero-order valence-corrected chi connectivity index (χ0v) is 21.0. The number of aromatic hydroxyl groups is 1. The number of phenolic OH excluding ortho intramolecular Hbond substituents is 1. The molecule has 2 aliphatic rings. The summed E-state index contributed by atoms with van der Waals surface area (Å²) in [7, 11) is 5.33. The number of hydrogen-bond donors (Lipinski definition) is 2. The predicted octanol–water partition coefficient (Wildman–Crippen LogP) is 3.84. The number of urea groups is 1. The summed E-state index contributed by atoms with van der Waals surface area (Å²) in [5.41, 5.74) is 1.98. The van der Waals surface area contributed by atoms with Gasteiger partial charge in [-0.05, 0) is 69.7 Å². The number of aromatic nitrogens is 1. The van der Waals surface area contributed by atoms with E-state index in [0.29, 0.717) is 31.3 Å². The van der Waals surface area contributed by atoms with Crippen LogP contribution in [0.3, 0.4) is 0 Å². The van der Waals surface area contributed by atoms with Gasteiger partial charge in [-0.3, -0.25) is 9.69 Å². The number of halogens is 1. The minimum atomic E-state index is -1.08. The van der Waals surface area contributed by atoms with Gasteiger partial charge in [-0.15, -0.1) is 0 Å². The Balaban J connectivity index is 1.63. The molecule has 3 aromatic rings. The first kappa shape index (κ1) is 24.1. The normalized spacial score (nSPS) is 21.4. The first-order chi connectivity index (χ1) is 17.1. The molecular weight excluding hydrogens is 463 g/mol. The molecule has 0 bridgehead atoms. The maximum Gasteiger partial charge on any atom is 0.328 e. The van der Waals surface area contributed by atoms with Crippen LogP contribution in [-0.4, -0.2) is 76.6 Å². The molecule has 36 heavy (non-hydrogen) atoms. The van der Waals surface area contributed by atoms with Crippen molar-refractivity contribution in [2.24, 2.45) is 0 Å². The first-order valence-corrected chi connectivity index (χ1v) is 12.1. The van der Waals surface area contributed by atoms with Crippen molar-refractivity contribution >= 4 is 22.8 Å². The van der Waals surface area contributed by atoms with Crippen LogP contribution in [0.4, 0.5) is 9.18 Å². The number of ether oxygens (including phenoxy) is 1. The number of carbonyl (C=O) groups excluding carboxylic acids is 2. The fraction of sp³-hybridized carbons (Fsp3) is 0.407. The van der Waals surface area contributed by atoms with Gasteiger partial charge in [0, 0.05) is 35.6 Å². The number of amides is 3. The molecule has 0 saturated carbocycles. The lowest BCUT2D eigenvalue weighted by Crippen LogP contribution is -2.53. The molecule has 5 rings (SSSR count). The summed E-state index contributed by atoms with van der Waals surface area (Å²) >= 11 is 0. The number of carbonyl (C=O) groups is 2. The molecule has 1 unspecified atom stereocenters. The average molecular weight is 495 g/mol. The molecule has 2 N–H and O–H groups in total. The Morgan fingerprint density at radius 3 is 2.72 bits per heavy atom. The molecule has 1 saturated heterocycles. The van der Waals surface area contributed by atoms with Gasteiger partial charge < -0.3 is 24.6 Å². The summed E-state index contributed by atoms with van der Waals surface area (Å²) in [6, 6.07) is 9.11. The van der Waals surface area contributed by atoms with Crippen molar-refractivity contribution in [2.45, 2.75) is 37.8 Å². The van der Waals surface area contributed by atoms with Crippen LogP contribution in [0.15, 0.2) is 36.4 Å². The van der Waals surface area contributed by atoms with Gasteiger partial charge in [0.15, 0.2) is 11.6 Å². The number of imide groups is 1. The van der Waals surface area contributed by atoms with E-state index < -0.39 is 17.4 Å². The van der Waals surface area contributed by atoms with Crippen molar-refractivity contribution in [3.8, 4) is 11.5 Å². The van der Waals surface area contributed by atoms with E-state index in [1.54, 1.807) is 29.2 Å². The number of aromatic amines is 1. The monoisotopic (exact) mass is 494 g/mol. The van der Waals surface area contributed by atoms with E-state index in [-0.39, 0.29) is 23.4 Å². The van der Waals surface area contributed by atoms with Crippen molar-refractivity contribution in [3.05, 3.63) is 59.0 Å². The number of H-pyrrole nitrogens is 1. The summed E-state index contributed by atoms with van der Waals surface area (Å²) in [5, 5.41) is 10.8. The van der Waals surface area contributed by atoms with Gasteiger partial charge in [0.05, 0.1) is 13.2 Å². The zero-order valence-electron chi connectivity index (χ0n) is 21.0. The van der Waals surface area contributed by atoms with E-state index in [1.165, 1.54) is 18.1 Å².